The molecule has 4 heteroatoms. The Kier molecular flexibility index (Phi) is 27.0. The lowest BCUT2D eigenvalue weighted by Gasteiger charge is -2.03. The average Bonchev–Trinajstić information content (AvgIpc) is 2.65. The van der Waals surface area contributed by atoms with Crippen LogP contribution in [-0.2, 0) is 9.59 Å². The molecule has 0 saturated heterocycles. The van der Waals surface area contributed by atoms with Crippen molar-refractivity contribution in [2.24, 2.45) is 5.73 Å². The molecule has 0 heterocycles. The van der Waals surface area contributed by atoms with Crippen LogP contribution in [0.2, 0.25) is 0 Å². The van der Waals surface area contributed by atoms with Crippen LogP contribution >= 0.6 is 0 Å². The summed E-state index contributed by atoms with van der Waals surface area (Å²) in [7, 11) is 0. The van der Waals surface area contributed by atoms with Gasteiger partial charge in [0.25, 0.3) is 0 Å². The van der Waals surface area contributed by atoms with E-state index in [0.717, 1.165) is 32.1 Å². The smallest absolute Gasteiger partial charge is 0.303 e. The van der Waals surface area contributed by atoms with Gasteiger partial charge >= 0.3 is 5.97 Å². The highest BCUT2D eigenvalue weighted by Crippen LogP contribution is 2.13. The number of carboxylic acid groups (broad SMARTS) is 1. The number of carboxylic acids is 1. The van der Waals surface area contributed by atoms with Gasteiger partial charge in [-0.25, -0.2) is 0 Å². The molecule has 0 aromatic rings. The maximum Gasteiger partial charge on any atom is 0.303 e. The van der Waals surface area contributed by atoms with Crippen molar-refractivity contribution in [2.45, 2.75) is 142 Å². The number of carbonyl (C=O) groups is 2. The third-order valence-electron chi connectivity index (χ3n) is 5.02. The maximum atomic E-state index is 10.3. The van der Waals surface area contributed by atoms with Gasteiger partial charge in [-0.2, -0.15) is 0 Å². The standard InChI is InChI=1S/C18H36O2.C6H13NO/c1-2-3-4-5-6-7-8-9-10-11-12-13-14-15-16-17-18(19)20;1-2-3-4-5-6(7)8/h2-17H2,1H3,(H,19,20);2-5H2,1H3,(H2,7,8). The summed E-state index contributed by atoms with van der Waals surface area (Å²) >= 11 is 0. The first kappa shape index (κ1) is 29.1. The average molecular weight is 400 g/mol. The molecule has 0 bridgehead atoms. The zero-order valence-electron chi connectivity index (χ0n) is 19.0. The van der Waals surface area contributed by atoms with Gasteiger partial charge < -0.3 is 10.8 Å². The van der Waals surface area contributed by atoms with Crippen LogP contribution < -0.4 is 5.73 Å². The number of nitrogens with two attached hydrogens (primary N) is 1. The fraction of sp³-hybridized carbons (Fsp3) is 0.917. The molecule has 0 atom stereocenters. The van der Waals surface area contributed by atoms with E-state index in [-0.39, 0.29) is 5.91 Å². The Bertz CT molecular complexity index is 332. The topological polar surface area (TPSA) is 80.4 Å². The van der Waals surface area contributed by atoms with E-state index < -0.39 is 5.97 Å². The van der Waals surface area contributed by atoms with E-state index in [4.69, 9.17) is 10.8 Å². The van der Waals surface area contributed by atoms with E-state index in [1.165, 1.54) is 83.5 Å². The van der Waals surface area contributed by atoms with E-state index in [0.29, 0.717) is 12.8 Å². The lowest BCUT2D eigenvalue weighted by Crippen LogP contribution is -2.09. The molecule has 4 nitrogen and oxygen atoms in total. The van der Waals surface area contributed by atoms with Crippen molar-refractivity contribution in [1.29, 1.82) is 0 Å². The van der Waals surface area contributed by atoms with Gasteiger partial charge in [0.2, 0.25) is 5.91 Å². The molecule has 0 spiro atoms. The van der Waals surface area contributed by atoms with Crippen molar-refractivity contribution in [3.8, 4) is 0 Å². The van der Waals surface area contributed by atoms with Crippen molar-refractivity contribution >= 4 is 11.9 Å². The summed E-state index contributed by atoms with van der Waals surface area (Å²) in [5, 5.41) is 8.52. The minimum absolute atomic E-state index is 0.182. The SMILES string of the molecule is CCCCCC(N)=O.CCCCCCCCCCCCCCCCCC(=O)O. The van der Waals surface area contributed by atoms with Crippen LogP contribution in [0, 0.1) is 0 Å². The third-order valence-corrected chi connectivity index (χ3v) is 5.02. The molecule has 0 aliphatic carbocycles. The Hall–Kier alpha value is -1.06. The van der Waals surface area contributed by atoms with Crippen LogP contribution in [0.1, 0.15) is 142 Å². The monoisotopic (exact) mass is 399 g/mol. The number of primary amides is 1. The Morgan fingerprint density at radius 2 is 0.821 bits per heavy atom. The van der Waals surface area contributed by atoms with E-state index in [9.17, 15) is 9.59 Å². The van der Waals surface area contributed by atoms with Gasteiger partial charge in [0.05, 0.1) is 0 Å². The van der Waals surface area contributed by atoms with Crippen LogP contribution in [0.4, 0.5) is 0 Å². The first-order valence-electron chi connectivity index (χ1n) is 12.0. The molecule has 0 aromatic carbocycles. The molecule has 0 unspecified atom stereocenters. The largest absolute Gasteiger partial charge is 0.481 e. The predicted molar refractivity (Wildman–Crippen MR) is 121 cm³/mol. The summed E-state index contributed by atoms with van der Waals surface area (Å²) in [5.41, 5.74) is 4.89. The first-order valence-corrected chi connectivity index (χ1v) is 12.0. The molecule has 0 aliphatic rings. The molecule has 0 aliphatic heterocycles. The van der Waals surface area contributed by atoms with E-state index >= 15 is 0 Å². The fourth-order valence-electron chi connectivity index (χ4n) is 3.20. The second kappa shape index (κ2) is 25.9. The van der Waals surface area contributed by atoms with Gasteiger partial charge in [0, 0.05) is 12.8 Å². The molecule has 3 N–H and O–H groups in total. The van der Waals surface area contributed by atoms with Gasteiger partial charge in [-0.1, -0.05) is 117 Å². The van der Waals surface area contributed by atoms with Gasteiger partial charge in [-0.3, -0.25) is 9.59 Å². The van der Waals surface area contributed by atoms with Crippen molar-refractivity contribution in [1.82, 2.24) is 0 Å². The van der Waals surface area contributed by atoms with Crippen molar-refractivity contribution < 1.29 is 14.7 Å². The van der Waals surface area contributed by atoms with Gasteiger partial charge in [0.15, 0.2) is 0 Å². The molecule has 1 amide bonds. The maximum absolute atomic E-state index is 10.3. The fourth-order valence-corrected chi connectivity index (χ4v) is 3.20. The summed E-state index contributed by atoms with van der Waals surface area (Å²) in [6.45, 7) is 4.37. The molecule has 168 valence electrons. The number of amides is 1. The molecule has 0 rings (SSSR count). The van der Waals surface area contributed by atoms with Crippen LogP contribution in [0.5, 0.6) is 0 Å². The second-order valence-corrected chi connectivity index (χ2v) is 8.02. The number of carbonyl (C=O) groups excluding carboxylic acids is 1. The lowest BCUT2D eigenvalue weighted by atomic mass is 10.0. The highest BCUT2D eigenvalue weighted by Gasteiger charge is 1.97. The van der Waals surface area contributed by atoms with Crippen LogP contribution in [0.15, 0.2) is 0 Å². The van der Waals surface area contributed by atoms with E-state index in [1.807, 2.05) is 0 Å². The summed E-state index contributed by atoms with van der Waals surface area (Å²) in [6, 6.07) is 0. The first-order chi connectivity index (χ1) is 13.5. The van der Waals surface area contributed by atoms with Gasteiger partial charge in [-0.05, 0) is 12.8 Å². The Balaban J connectivity index is 0. The van der Waals surface area contributed by atoms with Gasteiger partial charge in [-0.15, -0.1) is 0 Å². The molecular formula is C24H49NO3. The summed E-state index contributed by atoms with van der Waals surface area (Å²) in [5.74, 6) is -0.835. The Morgan fingerprint density at radius 1 is 0.536 bits per heavy atom. The molecule has 0 fully saturated rings. The van der Waals surface area contributed by atoms with Crippen LogP contribution in [-0.4, -0.2) is 17.0 Å². The lowest BCUT2D eigenvalue weighted by molar-refractivity contribution is -0.137. The highest BCUT2D eigenvalue weighted by molar-refractivity contribution is 5.73. The zero-order valence-corrected chi connectivity index (χ0v) is 19.0. The number of hydrogen-bond acceptors (Lipinski definition) is 2. The van der Waals surface area contributed by atoms with Crippen molar-refractivity contribution in [3.05, 3.63) is 0 Å². The molecule has 0 aromatic heterocycles. The molecule has 0 radical (unpaired) electrons. The number of hydrogen-bond donors (Lipinski definition) is 2. The Morgan fingerprint density at radius 3 is 1.14 bits per heavy atom. The second-order valence-electron chi connectivity index (χ2n) is 8.02. The number of rotatable bonds is 20. The highest BCUT2D eigenvalue weighted by atomic mass is 16.4. The van der Waals surface area contributed by atoms with Crippen LogP contribution in [0.3, 0.4) is 0 Å². The van der Waals surface area contributed by atoms with E-state index in [2.05, 4.69) is 13.8 Å². The summed E-state index contributed by atoms with van der Waals surface area (Å²) in [6.07, 6.45) is 24.0. The number of unbranched alkanes of at least 4 members (excludes halogenated alkanes) is 16. The predicted octanol–water partition coefficient (Wildman–Crippen LogP) is 7.38. The van der Waals surface area contributed by atoms with E-state index in [1.54, 1.807) is 0 Å². The normalized spacial score (nSPS) is 10.4. The Labute approximate surface area is 175 Å². The molecule has 28 heavy (non-hydrogen) atoms. The summed E-state index contributed by atoms with van der Waals surface area (Å²) < 4.78 is 0. The minimum atomic E-state index is -0.653. The zero-order chi connectivity index (χ0) is 21.3. The summed E-state index contributed by atoms with van der Waals surface area (Å²) in [4.78, 5) is 20.4. The molecule has 0 saturated carbocycles. The minimum Gasteiger partial charge on any atom is -0.481 e. The van der Waals surface area contributed by atoms with Crippen molar-refractivity contribution in [3.63, 3.8) is 0 Å². The van der Waals surface area contributed by atoms with Crippen molar-refractivity contribution in [2.75, 3.05) is 0 Å². The molecular weight excluding hydrogens is 350 g/mol. The quantitative estimate of drug-likeness (QED) is 0.209. The number of aliphatic carboxylic acids is 1. The third kappa shape index (κ3) is 32.6. The van der Waals surface area contributed by atoms with Crippen LogP contribution in [0.25, 0.3) is 0 Å². The van der Waals surface area contributed by atoms with Gasteiger partial charge in [0.1, 0.15) is 0 Å².